The van der Waals surface area contributed by atoms with Crippen LogP contribution >= 0.6 is 27.5 Å². The fourth-order valence-corrected chi connectivity index (χ4v) is 2.87. The smallest absolute Gasteiger partial charge is 0.361 e. The van der Waals surface area contributed by atoms with Crippen molar-refractivity contribution in [2.75, 3.05) is 11.4 Å². The fourth-order valence-electron chi connectivity index (χ4n) is 2.31. The molecule has 0 amide bonds. The van der Waals surface area contributed by atoms with Gasteiger partial charge in [-0.05, 0) is 29.8 Å². The first-order chi connectivity index (χ1) is 11.7. The molecule has 0 unspecified atom stereocenters. The van der Waals surface area contributed by atoms with Crippen molar-refractivity contribution in [1.29, 1.82) is 0 Å². The monoisotopic (exact) mass is 436 g/mol. The molecular formula is C16H13BrClF3N2O2. The Bertz CT molecular complexity index is 771. The molecule has 0 fully saturated rings. The van der Waals surface area contributed by atoms with E-state index in [0.717, 1.165) is 0 Å². The van der Waals surface area contributed by atoms with Crippen LogP contribution in [-0.2, 0) is 6.54 Å². The number of alkyl halides is 3. The van der Waals surface area contributed by atoms with Crippen LogP contribution in [0.3, 0.4) is 0 Å². The molecule has 2 rings (SSSR count). The van der Waals surface area contributed by atoms with Gasteiger partial charge in [0.05, 0.1) is 11.3 Å². The zero-order valence-electron chi connectivity index (χ0n) is 12.8. The Morgan fingerprint density at radius 1 is 1.20 bits per heavy atom. The van der Waals surface area contributed by atoms with Crippen molar-refractivity contribution in [2.45, 2.75) is 19.1 Å². The summed E-state index contributed by atoms with van der Waals surface area (Å²) in [6.45, 7) is -0.336. The summed E-state index contributed by atoms with van der Waals surface area (Å²) in [6.07, 6.45) is -5.45. The average Bonchev–Trinajstić information content (AvgIpc) is 2.50. The standard InChI is InChI=1S/C16H13BrClF3N2O2/c17-12-4-5-14(15(9-12)23(24)25)22(7-6-16(19,20)21)10-11-2-1-3-13(18)8-11/h1-5,8-9H,6-7,10H2. The van der Waals surface area contributed by atoms with Crippen LogP contribution in [0.25, 0.3) is 0 Å². The fraction of sp³-hybridized carbons (Fsp3) is 0.250. The first-order valence-corrected chi connectivity index (χ1v) is 8.33. The first kappa shape index (κ1) is 19.5. The predicted octanol–water partition coefficient (Wildman–Crippen LogP) is 5.97. The largest absolute Gasteiger partial charge is 0.390 e. The highest BCUT2D eigenvalue weighted by Gasteiger charge is 2.29. The van der Waals surface area contributed by atoms with Gasteiger partial charge in [0, 0.05) is 28.7 Å². The zero-order valence-corrected chi connectivity index (χ0v) is 15.1. The summed E-state index contributed by atoms with van der Waals surface area (Å²) in [4.78, 5) is 12.0. The van der Waals surface area contributed by atoms with Crippen LogP contribution < -0.4 is 4.90 Å². The van der Waals surface area contributed by atoms with Gasteiger partial charge in [0.25, 0.3) is 5.69 Å². The van der Waals surface area contributed by atoms with E-state index in [1.54, 1.807) is 30.3 Å². The predicted molar refractivity (Wildman–Crippen MR) is 94.0 cm³/mol. The first-order valence-electron chi connectivity index (χ1n) is 7.16. The average molecular weight is 438 g/mol. The number of nitrogens with zero attached hydrogens (tertiary/aromatic N) is 2. The number of rotatable bonds is 6. The van der Waals surface area contributed by atoms with E-state index in [1.165, 1.54) is 17.0 Å². The highest BCUT2D eigenvalue weighted by molar-refractivity contribution is 9.10. The lowest BCUT2D eigenvalue weighted by Crippen LogP contribution is -2.28. The third kappa shape index (κ3) is 5.89. The summed E-state index contributed by atoms with van der Waals surface area (Å²) in [5.74, 6) is 0. The molecule has 0 heterocycles. The minimum Gasteiger partial charge on any atom is -0.361 e. The van der Waals surface area contributed by atoms with Gasteiger partial charge < -0.3 is 4.90 Å². The lowest BCUT2D eigenvalue weighted by Gasteiger charge is -2.25. The molecule has 0 aliphatic rings. The Morgan fingerprint density at radius 2 is 1.92 bits per heavy atom. The van der Waals surface area contributed by atoms with Crippen LogP contribution in [0.4, 0.5) is 24.5 Å². The minimum atomic E-state index is -4.36. The van der Waals surface area contributed by atoms with Crippen molar-refractivity contribution in [2.24, 2.45) is 0 Å². The van der Waals surface area contributed by atoms with E-state index in [1.807, 2.05) is 0 Å². The summed E-state index contributed by atoms with van der Waals surface area (Å²) in [6, 6.07) is 10.9. The Morgan fingerprint density at radius 3 is 2.52 bits per heavy atom. The van der Waals surface area contributed by atoms with Crippen molar-refractivity contribution in [1.82, 2.24) is 0 Å². The molecule has 2 aromatic carbocycles. The van der Waals surface area contributed by atoms with Crippen molar-refractivity contribution >= 4 is 38.9 Å². The summed E-state index contributed by atoms with van der Waals surface area (Å²) in [7, 11) is 0. The van der Waals surface area contributed by atoms with Gasteiger partial charge in [0.1, 0.15) is 5.69 Å². The van der Waals surface area contributed by atoms with Crippen LogP contribution in [0, 0.1) is 10.1 Å². The van der Waals surface area contributed by atoms with Gasteiger partial charge in [-0.15, -0.1) is 0 Å². The Labute approximate surface area is 155 Å². The zero-order chi connectivity index (χ0) is 18.6. The number of anilines is 1. The molecule has 0 saturated carbocycles. The summed E-state index contributed by atoms with van der Waals surface area (Å²) < 4.78 is 38.5. The van der Waals surface area contributed by atoms with Crippen LogP contribution in [0.15, 0.2) is 46.9 Å². The minimum absolute atomic E-state index is 0.0686. The maximum atomic E-state index is 12.7. The number of nitro benzene ring substituents is 1. The molecule has 4 nitrogen and oxygen atoms in total. The molecule has 9 heteroatoms. The van der Waals surface area contributed by atoms with Gasteiger partial charge in [-0.3, -0.25) is 10.1 Å². The second-order valence-corrected chi connectivity index (χ2v) is 6.66. The second kappa shape index (κ2) is 8.05. The summed E-state index contributed by atoms with van der Waals surface area (Å²) >= 11 is 9.05. The molecule has 0 N–H and O–H groups in total. The number of hydrogen-bond acceptors (Lipinski definition) is 3. The maximum absolute atomic E-state index is 12.7. The van der Waals surface area contributed by atoms with Crippen molar-refractivity contribution in [3.05, 3.63) is 67.6 Å². The van der Waals surface area contributed by atoms with E-state index in [9.17, 15) is 23.3 Å². The Balaban J connectivity index is 2.39. The third-order valence-corrected chi connectivity index (χ3v) is 4.13. The Kier molecular flexibility index (Phi) is 6.29. The highest BCUT2D eigenvalue weighted by atomic mass is 79.9. The molecule has 0 aliphatic heterocycles. The number of halogens is 5. The van der Waals surface area contributed by atoms with E-state index in [2.05, 4.69) is 15.9 Å². The number of hydrogen-bond donors (Lipinski definition) is 0. The molecule has 0 saturated heterocycles. The molecule has 0 aliphatic carbocycles. The molecule has 0 spiro atoms. The van der Waals surface area contributed by atoms with Crippen LogP contribution in [0.1, 0.15) is 12.0 Å². The van der Waals surface area contributed by atoms with Gasteiger partial charge in [0.15, 0.2) is 0 Å². The van der Waals surface area contributed by atoms with Gasteiger partial charge in [-0.25, -0.2) is 0 Å². The Hall–Kier alpha value is -1.80. The van der Waals surface area contributed by atoms with E-state index in [-0.39, 0.29) is 17.9 Å². The maximum Gasteiger partial charge on any atom is 0.390 e. The molecule has 0 bridgehead atoms. The van der Waals surface area contributed by atoms with Crippen LogP contribution in [0.2, 0.25) is 5.02 Å². The van der Waals surface area contributed by atoms with E-state index in [0.29, 0.717) is 15.1 Å². The summed E-state index contributed by atoms with van der Waals surface area (Å²) in [5.41, 5.74) is 0.517. The molecular weight excluding hydrogens is 425 g/mol. The topological polar surface area (TPSA) is 46.4 Å². The van der Waals surface area contributed by atoms with Crippen molar-refractivity contribution < 1.29 is 18.1 Å². The molecule has 0 atom stereocenters. The van der Waals surface area contributed by atoms with Gasteiger partial charge in [0.2, 0.25) is 0 Å². The van der Waals surface area contributed by atoms with Crippen molar-refractivity contribution in [3.8, 4) is 0 Å². The third-order valence-electron chi connectivity index (χ3n) is 3.40. The quantitative estimate of drug-likeness (QED) is 0.413. The molecule has 0 aromatic heterocycles. The number of benzene rings is 2. The summed E-state index contributed by atoms with van der Waals surface area (Å²) in [5, 5.41) is 11.7. The van der Waals surface area contributed by atoms with E-state index >= 15 is 0 Å². The number of nitro groups is 1. The van der Waals surface area contributed by atoms with Gasteiger partial charge in [-0.2, -0.15) is 13.2 Å². The molecule has 134 valence electrons. The van der Waals surface area contributed by atoms with Gasteiger partial charge >= 0.3 is 6.18 Å². The lowest BCUT2D eigenvalue weighted by atomic mass is 10.1. The van der Waals surface area contributed by atoms with E-state index in [4.69, 9.17) is 11.6 Å². The van der Waals surface area contributed by atoms with Crippen LogP contribution in [-0.4, -0.2) is 17.6 Å². The lowest BCUT2D eigenvalue weighted by molar-refractivity contribution is -0.384. The highest BCUT2D eigenvalue weighted by Crippen LogP contribution is 2.33. The molecule has 0 radical (unpaired) electrons. The van der Waals surface area contributed by atoms with Gasteiger partial charge in [-0.1, -0.05) is 39.7 Å². The van der Waals surface area contributed by atoms with Crippen LogP contribution in [0.5, 0.6) is 0 Å². The van der Waals surface area contributed by atoms with E-state index < -0.39 is 24.1 Å². The molecule has 25 heavy (non-hydrogen) atoms. The SMILES string of the molecule is O=[N+]([O-])c1cc(Br)ccc1N(CCC(F)(F)F)Cc1cccc(Cl)c1. The van der Waals surface area contributed by atoms with Crippen molar-refractivity contribution in [3.63, 3.8) is 0 Å². The normalized spacial score (nSPS) is 11.4. The molecule has 2 aromatic rings. The second-order valence-electron chi connectivity index (χ2n) is 5.31.